The fraction of sp³-hybridized carbons (Fsp3) is 0.143. The molecule has 2 heterocycles. The Morgan fingerprint density at radius 3 is 2.71 bits per heavy atom. The zero-order valence-corrected chi connectivity index (χ0v) is 21.2. The first-order chi connectivity index (χ1) is 18.4. The zero-order valence-electron chi connectivity index (χ0n) is 20.4. The van der Waals surface area contributed by atoms with Crippen LogP contribution in [0.5, 0.6) is 11.5 Å². The Kier molecular flexibility index (Phi) is 6.85. The Morgan fingerprint density at radius 1 is 1.18 bits per heavy atom. The van der Waals surface area contributed by atoms with E-state index >= 15 is 0 Å². The van der Waals surface area contributed by atoms with Gasteiger partial charge in [-0.25, -0.2) is 9.78 Å². The van der Waals surface area contributed by atoms with Crippen molar-refractivity contribution < 1.29 is 23.8 Å². The second kappa shape index (κ2) is 10.4. The second-order valence-corrected chi connectivity index (χ2v) is 8.73. The molecule has 5 aromatic rings. The number of benzene rings is 3. The Morgan fingerprint density at radius 2 is 1.95 bits per heavy atom. The van der Waals surface area contributed by atoms with Gasteiger partial charge in [0.1, 0.15) is 5.58 Å². The number of carboxylic acid groups (broad SMARTS) is 1. The predicted octanol–water partition coefficient (Wildman–Crippen LogP) is 5.60. The quantitative estimate of drug-likeness (QED) is 0.259. The Hall–Kier alpha value is -4.63. The highest BCUT2D eigenvalue weighted by molar-refractivity contribution is 6.32. The summed E-state index contributed by atoms with van der Waals surface area (Å²) >= 11 is 6.43. The molecule has 2 aromatic heterocycles. The van der Waals surface area contributed by atoms with Gasteiger partial charge in [0.05, 0.1) is 28.7 Å². The molecule has 10 heteroatoms. The molecule has 0 radical (unpaired) electrons. The minimum Gasteiger partial charge on any atom is -0.490 e. The molecule has 0 saturated carbocycles. The highest BCUT2D eigenvalue weighted by Crippen LogP contribution is 2.37. The van der Waals surface area contributed by atoms with Gasteiger partial charge in [0.2, 0.25) is 5.82 Å². The van der Waals surface area contributed by atoms with E-state index in [-0.39, 0.29) is 27.9 Å². The molecule has 38 heavy (non-hydrogen) atoms. The molecule has 0 unspecified atom stereocenters. The summed E-state index contributed by atoms with van der Waals surface area (Å²) in [5, 5.41) is 15.0. The number of carbonyl (C=O) groups is 1. The van der Waals surface area contributed by atoms with E-state index < -0.39 is 12.1 Å². The third-order valence-corrected chi connectivity index (χ3v) is 5.98. The molecule has 9 nitrogen and oxygen atoms in total. The number of aliphatic carboxylic acids is 1. The van der Waals surface area contributed by atoms with Crippen LogP contribution in [-0.4, -0.2) is 39.7 Å². The number of para-hydroxylation sites is 2. The molecule has 0 aliphatic rings. The molecule has 192 valence electrons. The van der Waals surface area contributed by atoms with Crippen LogP contribution in [0.3, 0.4) is 0 Å². The Balaban J connectivity index is 1.63. The summed E-state index contributed by atoms with van der Waals surface area (Å²) in [6.07, 6.45) is 0.294. The number of rotatable bonds is 8. The maximum atomic E-state index is 13.5. The van der Waals surface area contributed by atoms with Gasteiger partial charge >= 0.3 is 5.97 Å². The summed E-state index contributed by atoms with van der Waals surface area (Å²) in [5.41, 5.74) is 1.27. The molecule has 1 atom stereocenters. The van der Waals surface area contributed by atoms with E-state index in [4.69, 9.17) is 25.5 Å². The van der Waals surface area contributed by atoms with E-state index in [0.29, 0.717) is 34.4 Å². The van der Waals surface area contributed by atoms with Crippen LogP contribution in [0.2, 0.25) is 5.02 Å². The van der Waals surface area contributed by atoms with Crippen LogP contribution in [0.4, 0.5) is 0 Å². The average Bonchev–Trinajstić information content (AvgIpc) is 3.34. The Labute approximate surface area is 221 Å². The van der Waals surface area contributed by atoms with Gasteiger partial charge in [0.25, 0.3) is 5.56 Å². The van der Waals surface area contributed by atoms with Crippen molar-refractivity contribution in [1.29, 1.82) is 0 Å². The van der Waals surface area contributed by atoms with Crippen LogP contribution >= 0.6 is 11.6 Å². The molecular weight excluding hydrogens is 510 g/mol. The lowest BCUT2D eigenvalue weighted by atomic mass is 10.2. The maximum Gasteiger partial charge on any atom is 0.344 e. The highest BCUT2D eigenvalue weighted by atomic mass is 35.5. The number of furan rings is 1. The van der Waals surface area contributed by atoms with Crippen molar-refractivity contribution in [2.24, 2.45) is 5.10 Å². The molecule has 0 bridgehead atoms. The van der Waals surface area contributed by atoms with Gasteiger partial charge in [-0.2, -0.15) is 9.78 Å². The lowest BCUT2D eigenvalue weighted by molar-refractivity contribution is -0.144. The first kappa shape index (κ1) is 25.0. The molecule has 0 aliphatic heterocycles. The molecule has 1 N–H and O–H groups in total. The maximum absolute atomic E-state index is 13.5. The molecular formula is C28H22ClN3O6. The van der Waals surface area contributed by atoms with Crippen LogP contribution < -0.4 is 15.0 Å². The van der Waals surface area contributed by atoms with Gasteiger partial charge in [0.15, 0.2) is 23.4 Å². The molecule has 0 aliphatic carbocycles. The van der Waals surface area contributed by atoms with Crippen molar-refractivity contribution in [1.82, 2.24) is 9.66 Å². The lowest BCUT2D eigenvalue weighted by Crippen LogP contribution is -2.23. The molecule has 0 saturated heterocycles. The van der Waals surface area contributed by atoms with Crippen molar-refractivity contribution >= 4 is 45.7 Å². The van der Waals surface area contributed by atoms with Crippen molar-refractivity contribution in [2.45, 2.75) is 20.0 Å². The number of hydrogen-bond acceptors (Lipinski definition) is 7. The average molecular weight is 532 g/mol. The summed E-state index contributed by atoms with van der Waals surface area (Å²) in [5.74, 6) is -0.183. The topological polar surface area (TPSA) is 116 Å². The fourth-order valence-electron chi connectivity index (χ4n) is 3.87. The van der Waals surface area contributed by atoms with E-state index in [2.05, 4.69) is 10.1 Å². The molecule has 0 amide bonds. The summed E-state index contributed by atoms with van der Waals surface area (Å²) in [4.78, 5) is 29.4. The number of carboxylic acids is 1. The number of hydrogen-bond donors (Lipinski definition) is 1. The summed E-state index contributed by atoms with van der Waals surface area (Å²) in [6, 6.07) is 19.4. The van der Waals surface area contributed by atoms with Crippen LogP contribution in [0.15, 0.2) is 81.0 Å². The van der Waals surface area contributed by atoms with Crippen molar-refractivity contribution in [3.8, 4) is 23.1 Å². The van der Waals surface area contributed by atoms with Crippen molar-refractivity contribution in [3.05, 3.63) is 87.7 Å². The normalized spacial score (nSPS) is 12.3. The van der Waals surface area contributed by atoms with Gasteiger partial charge in [-0.15, -0.1) is 0 Å². The van der Waals surface area contributed by atoms with Gasteiger partial charge in [-0.3, -0.25) is 4.79 Å². The molecule has 5 rings (SSSR count). The third-order valence-electron chi connectivity index (χ3n) is 5.70. The number of ether oxygens (including phenoxy) is 2. The largest absolute Gasteiger partial charge is 0.490 e. The molecule has 0 fully saturated rings. The number of fused-ring (bicyclic) bond motifs is 2. The highest BCUT2D eigenvalue weighted by Gasteiger charge is 2.20. The number of aromatic nitrogens is 2. The number of nitrogens with zero attached hydrogens (tertiary/aromatic N) is 3. The van der Waals surface area contributed by atoms with E-state index in [9.17, 15) is 14.7 Å². The van der Waals surface area contributed by atoms with E-state index in [0.717, 1.165) is 5.39 Å². The lowest BCUT2D eigenvalue weighted by Gasteiger charge is -2.16. The van der Waals surface area contributed by atoms with Crippen LogP contribution in [0.25, 0.3) is 33.5 Å². The van der Waals surface area contributed by atoms with Gasteiger partial charge in [0, 0.05) is 5.39 Å². The molecule has 0 spiro atoms. The minimum atomic E-state index is -1.14. The van der Waals surface area contributed by atoms with Crippen LogP contribution in [0.1, 0.15) is 19.4 Å². The summed E-state index contributed by atoms with van der Waals surface area (Å²) < 4.78 is 18.3. The first-order valence-corrected chi connectivity index (χ1v) is 12.1. The monoisotopic (exact) mass is 531 g/mol. The standard InChI is InChI=1S/C28H22ClN3O6/c1-3-36-23-13-17(12-20(29)25(23)37-16(2)28(34)35)15-30-32-26(24-14-18-8-4-7-11-22(18)38-24)31-21-10-6-5-9-19(21)27(32)33/h4-16H,3H2,1-2H3,(H,34,35)/t16-/m0/s1. The second-order valence-electron chi connectivity index (χ2n) is 8.32. The van der Waals surface area contributed by atoms with Crippen LogP contribution in [0, 0.1) is 0 Å². The smallest absolute Gasteiger partial charge is 0.344 e. The zero-order chi connectivity index (χ0) is 26.8. The predicted molar refractivity (Wildman–Crippen MR) is 145 cm³/mol. The Bertz CT molecular complexity index is 1720. The van der Waals surface area contributed by atoms with Gasteiger partial charge in [-0.05, 0) is 55.8 Å². The van der Waals surface area contributed by atoms with E-state index in [1.165, 1.54) is 23.9 Å². The summed E-state index contributed by atoms with van der Waals surface area (Å²) in [7, 11) is 0. The van der Waals surface area contributed by atoms with Gasteiger partial charge < -0.3 is 19.0 Å². The first-order valence-electron chi connectivity index (χ1n) is 11.8. The van der Waals surface area contributed by atoms with Crippen LogP contribution in [-0.2, 0) is 4.79 Å². The SMILES string of the molecule is CCOc1cc(C=Nn2c(-c3cc4ccccc4o3)nc3ccccc3c2=O)cc(Cl)c1O[C@@H](C)C(=O)O. The van der Waals surface area contributed by atoms with Crippen molar-refractivity contribution in [3.63, 3.8) is 0 Å². The minimum absolute atomic E-state index is 0.105. The van der Waals surface area contributed by atoms with Crippen molar-refractivity contribution in [2.75, 3.05) is 6.61 Å². The van der Waals surface area contributed by atoms with E-state index in [1.54, 1.807) is 43.3 Å². The number of halogens is 1. The van der Waals surface area contributed by atoms with Gasteiger partial charge in [-0.1, -0.05) is 41.9 Å². The fourth-order valence-corrected chi connectivity index (χ4v) is 4.14. The molecule has 3 aromatic carbocycles. The van der Waals surface area contributed by atoms with E-state index in [1.807, 2.05) is 24.3 Å². The third kappa shape index (κ3) is 4.83. The summed E-state index contributed by atoms with van der Waals surface area (Å²) in [6.45, 7) is 3.46.